The third-order valence-electron chi connectivity index (χ3n) is 4.63. The fourth-order valence-corrected chi connectivity index (χ4v) is 4.56. The minimum absolute atomic E-state index is 0.155. The van der Waals surface area contributed by atoms with Crippen molar-refractivity contribution in [3.05, 3.63) is 96.2 Å². The zero-order valence-electron chi connectivity index (χ0n) is 15.7. The highest BCUT2D eigenvalue weighted by Gasteiger charge is 2.22. The van der Waals surface area contributed by atoms with Gasteiger partial charge in [-0.05, 0) is 55.5 Å². The van der Waals surface area contributed by atoms with E-state index < -0.39 is 9.84 Å². The highest BCUT2D eigenvalue weighted by Crippen LogP contribution is 2.31. The van der Waals surface area contributed by atoms with E-state index in [4.69, 9.17) is 0 Å². The molecule has 0 unspecified atom stereocenters. The largest absolute Gasteiger partial charge is 0.320 e. The van der Waals surface area contributed by atoms with Crippen molar-refractivity contribution in [1.82, 2.24) is 4.98 Å². The summed E-state index contributed by atoms with van der Waals surface area (Å²) in [6, 6.07) is 22.0. The first-order valence-corrected chi connectivity index (χ1v) is 10.5. The van der Waals surface area contributed by atoms with Crippen LogP contribution in [0.15, 0.2) is 94.9 Å². The summed E-state index contributed by atoms with van der Waals surface area (Å²) in [5, 5.41) is 3.29. The quantitative estimate of drug-likeness (QED) is 0.540. The molecule has 0 atom stereocenters. The number of anilines is 1. The molecule has 4 rings (SSSR count). The zero-order valence-corrected chi connectivity index (χ0v) is 16.5. The van der Waals surface area contributed by atoms with E-state index in [2.05, 4.69) is 10.3 Å². The van der Waals surface area contributed by atoms with Crippen molar-refractivity contribution in [2.75, 3.05) is 5.32 Å². The number of pyridine rings is 1. The molecule has 29 heavy (non-hydrogen) atoms. The fraction of sp³-hybridized carbons (Fsp3) is 0.0435. The third kappa shape index (κ3) is 3.62. The molecular weight excluding hydrogens is 384 g/mol. The third-order valence-corrected chi connectivity index (χ3v) is 6.46. The molecule has 1 N–H and O–H groups in total. The zero-order chi connectivity index (χ0) is 20.4. The van der Waals surface area contributed by atoms with Crippen molar-refractivity contribution in [2.45, 2.75) is 16.7 Å². The molecule has 0 bridgehead atoms. The predicted molar refractivity (Wildman–Crippen MR) is 113 cm³/mol. The number of aryl methyl sites for hydroxylation is 1. The van der Waals surface area contributed by atoms with Crippen LogP contribution in [0.4, 0.5) is 5.69 Å². The lowest BCUT2D eigenvalue weighted by Crippen LogP contribution is -2.13. The summed E-state index contributed by atoms with van der Waals surface area (Å²) in [6.45, 7) is 1.90. The first-order valence-electron chi connectivity index (χ1n) is 9.03. The van der Waals surface area contributed by atoms with Crippen LogP contribution in [0.1, 0.15) is 15.9 Å². The van der Waals surface area contributed by atoms with E-state index >= 15 is 0 Å². The van der Waals surface area contributed by atoms with Crippen molar-refractivity contribution >= 4 is 32.3 Å². The number of sulfone groups is 1. The van der Waals surface area contributed by atoms with E-state index in [0.717, 1.165) is 5.56 Å². The molecule has 1 amide bonds. The van der Waals surface area contributed by atoms with Crippen molar-refractivity contribution < 1.29 is 13.2 Å². The number of benzene rings is 3. The molecule has 0 fully saturated rings. The second-order valence-corrected chi connectivity index (χ2v) is 8.57. The van der Waals surface area contributed by atoms with Gasteiger partial charge in [-0.25, -0.2) is 8.42 Å². The summed E-state index contributed by atoms with van der Waals surface area (Å²) >= 11 is 0. The summed E-state index contributed by atoms with van der Waals surface area (Å²) in [4.78, 5) is 17.2. The number of aromatic nitrogens is 1. The van der Waals surface area contributed by atoms with Gasteiger partial charge in [-0.3, -0.25) is 9.78 Å². The monoisotopic (exact) mass is 402 g/mol. The van der Waals surface area contributed by atoms with E-state index in [1.807, 2.05) is 13.0 Å². The molecule has 144 valence electrons. The Kier molecular flexibility index (Phi) is 4.86. The Labute approximate surface area is 169 Å². The van der Waals surface area contributed by atoms with Crippen LogP contribution in [0.25, 0.3) is 10.9 Å². The topological polar surface area (TPSA) is 76.1 Å². The number of rotatable bonds is 4. The van der Waals surface area contributed by atoms with Crippen LogP contribution >= 0.6 is 0 Å². The number of fused-ring (bicyclic) bond motifs is 1. The van der Waals surface area contributed by atoms with Gasteiger partial charge in [-0.15, -0.1) is 0 Å². The second kappa shape index (κ2) is 7.48. The standard InChI is InChI=1S/C23H18N2O3S/c1-16-9-11-18(12-10-16)29(27,28)21-14-13-20(22-19(21)8-5-15-24-22)25-23(26)17-6-3-2-4-7-17/h2-15H,1H3,(H,25,26). The first-order chi connectivity index (χ1) is 14.0. The van der Waals surface area contributed by atoms with E-state index in [0.29, 0.717) is 22.2 Å². The molecular formula is C23H18N2O3S. The summed E-state index contributed by atoms with van der Waals surface area (Å²) < 4.78 is 26.4. The lowest BCUT2D eigenvalue weighted by Gasteiger charge is -2.12. The number of amides is 1. The number of carbonyl (C=O) groups is 1. The van der Waals surface area contributed by atoms with E-state index in [9.17, 15) is 13.2 Å². The summed E-state index contributed by atoms with van der Waals surface area (Å²) in [5.74, 6) is -0.285. The highest BCUT2D eigenvalue weighted by molar-refractivity contribution is 7.91. The number of hydrogen-bond acceptors (Lipinski definition) is 4. The Bertz CT molecular complexity index is 1300. The lowest BCUT2D eigenvalue weighted by molar-refractivity contribution is 0.102. The van der Waals surface area contributed by atoms with Gasteiger partial charge in [0.25, 0.3) is 5.91 Å². The maximum Gasteiger partial charge on any atom is 0.255 e. The number of carbonyl (C=O) groups excluding carboxylic acids is 1. The molecule has 1 heterocycles. The van der Waals surface area contributed by atoms with Crippen LogP contribution in [0.5, 0.6) is 0 Å². The van der Waals surface area contributed by atoms with Crippen molar-refractivity contribution in [2.24, 2.45) is 0 Å². The average molecular weight is 402 g/mol. The van der Waals surface area contributed by atoms with Gasteiger partial charge in [0.15, 0.2) is 0 Å². The molecule has 0 aliphatic carbocycles. The van der Waals surface area contributed by atoms with Gasteiger partial charge in [0, 0.05) is 17.1 Å². The summed E-state index contributed by atoms with van der Waals surface area (Å²) in [6.07, 6.45) is 1.57. The normalized spacial score (nSPS) is 11.3. The van der Waals surface area contributed by atoms with Gasteiger partial charge in [0.05, 0.1) is 21.0 Å². The molecule has 0 aliphatic rings. The average Bonchev–Trinajstić information content (AvgIpc) is 2.74. The minimum Gasteiger partial charge on any atom is -0.320 e. The predicted octanol–water partition coefficient (Wildman–Crippen LogP) is 4.63. The SMILES string of the molecule is Cc1ccc(S(=O)(=O)c2ccc(NC(=O)c3ccccc3)c3ncccc23)cc1. The van der Waals surface area contributed by atoms with E-state index in [1.165, 1.54) is 6.07 Å². The number of nitrogens with one attached hydrogen (secondary N) is 1. The van der Waals surface area contributed by atoms with Crippen molar-refractivity contribution in [3.8, 4) is 0 Å². The fourth-order valence-electron chi connectivity index (χ4n) is 3.11. The maximum atomic E-state index is 13.2. The van der Waals surface area contributed by atoms with Gasteiger partial charge in [0.2, 0.25) is 9.84 Å². The van der Waals surface area contributed by atoms with E-state index in [-0.39, 0.29) is 15.7 Å². The van der Waals surface area contributed by atoms with Crippen molar-refractivity contribution in [1.29, 1.82) is 0 Å². The summed E-state index contributed by atoms with van der Waals surface area (Å²) in [7, 11) is -3.73. The van der Waals surface area contributed by atoms with Gasteiger partial charge in [-0.1, -0.05) is 35.9 Å². The molecule has 0 saturated heterocycles. The molecule has 1 aromatic heterocycles. The second-order valence-electron chi connectivity index (χ2n) is 6.65. The first kappa shape index (κ1) is 18.8. The molecule has 6 heteroatoms. The Morgan fingerprint density at radius 1 is 0.862 bits per heavy atom. The van der Waals surface area contributed by atoms with Gasteiger partial charge < -0.3 is 5.32 Å². The minimum atomic E-state index is -3.73. The highest BCUT2D eigenvalue weighted by atomic mass is 32.2. The van der Waals surface area contributed by atoms with Crippen LogP contribution in [-0.4, -0.2) is 19.3 Å². The number of nitrogens with zero attached hydrogens (tertiary/aromatic N) is 1. The van der Waals surface area contributed by atoms with Crippen LogP contribution in [0.2, 0.25) is 0 Å². The molecule has 4 aromatic rings. The molecule has 0 saturated carbocycles. The van der Waals surface area contributed by atoms with Crippen LogP contribution in [0, 0.1) is 6.92 Å². The lowest BCUT2D eigenvalue weighted by atomic mass is 10.1. The number of hydrogen-bond donors (Lipinski definition) is 1. The van der Waals surface area contributed by atoms with Gasteiger partial charge in [0.1, 0.15) is 0 Å². The maximum absolute atomic E-state index is 13.2. The van der Waals surface area contributed by atoms with Gasteiger partial charge in [-0.2, -0.15) is 0 Å². The summed E-state index contributed by atoms with van der Waals surface area (Å²) in [5.41, 5.74) is 2.37. The Balaban J connectivity index is 1.80. The molecule has 0 aliphatic heterocycles. The van der Waals surface area contributed by atoms with E-state index in [1.54, 1.807) is 72.9 Å². The van der Waals surface area contributed by atoms with Crippen LogP contribution in [-0.2, 0) is 9.84 Å². The smallest absolute Gasteiger partial charge is 0.255 e. The molecule has 0 radical (unpaired) electrons. The van der Waals surface area contributed by atoms with Gasteiger partial charge >= 0.3 is 0 Å². The molecule has 5 nitrogen and oxygen atoms in total. The van der Waals surface area contributed by atoms with Crippen LogP contribution in [0.3, 0.4) is 0 Å². The molecule has 3 aromatic carbocycles. The Morgan fingerprint density at radius 3 is 2.31 bits per heavy atom. The molecule has 0 spiro atoms. The Hall–Kier alpha value is -3.51. The Morgan fingerprint density at radius 2 is 1.59 bits per heavy atom. The van der Waals surface area contributed by atoms with Crippen molar-refractivity contribution in [3.63, 3.8) is 0 Å². The van der Waals surface area contributed by atoms with Crippen LogP contribution < -0.4 is 5.32 Å².